The van der Waals surface area contributed by atoms with E-state index in [1.165, 1.54) is 0 Å². The maximum absolute atomic E-state index is 13.3. The van der Waals surface area contributed by atoms with Gasteiger partial charge in [0.25, 0.3) is 0 Å². The first-order chi connectivity index (χ1) is 17.3. The normalized spacial score (nSPS) is 15.5. The average molecular weight is 495 g/mol. The molecule has 10 heteroatoms. The van der Waals surface area contributed by atoms with Crippen LogP contribution in [0.15, 0.2) is 60.7 Å². The number of hydrogen-bond acceptors (Lipinski definition) is 5. The predicted octanol–water partition coefficient (Wildman–Crippen LogP) is 0.473. The number of hydrogen-bond donors (Lipinski definition) is 6. The van der Waals surface area contributed by atoms with Gasteiger partial charge < -0.3 is 26.4 Å². The Bertz CT molecular complexity index is 1030. The summed E-state index contributed by atoms with van der Waals surface area (Å²) < 4.78 is 0. The Morgan fingerprint density at radius 3 is 1.94 bits per heavy atom. The van der Waals surface area contributed by atoms with Gasteiger partial charge >= 0.3 is 5.97 Å². The molecule has 1 heterocycles. The SMILES string of the molecule is N=C(N)N1CCC(NC(=O)[C@@H](Cc2ccccc2)NC(=O)C(Cc2ccccc2)NCC(=O)O)CC1. The molecule has 1 aliphatic heterocycles. The summed E-state index contributed by atoms with van der Waals surface area (Å²) in [6.45, 7) is 0.775. The maximum Gasteiger partial charge on any atom is 0.317 e. The van der Waals surface area contributed by atoms with Gasteiger partial charge in [0, 0.05) is 25.6 Å². The summed E-state index contributed by atoms with van der Waals surface area (Å²) in [4.78, 5) is 39.5. The first-order valence-corrected chi connectivity index (χ1v) is 12.0. The topological polar surface area (TPSA) is 161 Å². The van der Waals surface area contributed by atoms with Crippen molar-refractivity contribution < 1.29 is 19.5 Å². The molecule has 10 nitrogen and oxygen atoms in total. The Morgan fingerprint density at radius 2 is 1.44 bits per heavy atom. The maximum atomic E-state index is 13.3. The smallest absolute Gasteiger partial charge is 0.317 e. The fourth-order valence-corrected chi connectivity index (χ4v) is 4.22. The van der Waals surface area contributed by atoms with Gasteiger partial charge in [-0.1, -0.05) is 60.7 Å². The highest BCUT2D eigenvalue weighted by atomic mass is 16.4. The molecule has 2 amide bonds. The van der Waals surface area contributed by atoms with Gasteiger partial charge in [-0.3, -0.25) is 25.1 Å². The van der Waals surface area contributed by atoms with Crippen LogP contribution in [-0.4, -0.2) is 71.5 Å². The minimum absolute atomic E-state index is 0.0207. The van der Waals surface area contributed by atoms with Gasteiger partial charge in [0.05, 0.1) is 12.6 Å². The summed E-state index contributed by atoms with van der Waals surface area (Å²) in [6, 6.07) is 17.0. The van der Waals surface area contributed by atoms with Crippen molar-refractivity contribution in [3.05, 3.63) is 71.8 Å². The number of benzene rings is 2. The lowest BCUT2D eigenvalue weighted by molar-refractivity contribution is -0.136. The van der Waals surface area contributed by atoms with Gasteiger partial charge in [0.2, 0.25) is 11.8 Å². The standard InChI is InChI=1S/C26H34N6O4/c27-26(28)32-13-11-20(12-14-32)30-25(36)22(16-19-9-5-2-6-10-19)31-24(35)21(29-17-23(33)34)15-18-7-3-1-4-8-18/h1-10,20-22,29H,11-17H2,(H3,27,28)(H,30,36)(H,31,35)(H,33,34)/t21?,22-/m1/s1. The predicted molar refractivity (Wildman–Crippen MR) is 136 cm³/mol. The monoisotopic (exact) mass is 494 g/mol. The third kappa shape index (κ3) is 8.38. The number of nitrogens with two attached hydrogens (primary N) is 1. The second kappa shape index (κ2) is 13.2. The number of carbonyl (C=O) groups excluding carboxylic acids is 2. The molecule has 2 atom stereocenters. The lowest BCUT2D eigenvalue weighted by atomic mass is 10.0. The lowest BCUT2D eigenvalue weighted by Crippen LogP contribution is -2.57. The van der Waals surface area contributed by atoms with Crippen LogP contribution >= 0.6 is 0 Å². The fourth-order valence-electron chi connectivity index (χ4n) is 4.22. The molecule has 2 aromatic rings. The second-order valence-electron chi connectivity index (χ2n) is 8.92. The lowest BCUT2D eigenvalue weighted by Gasteiger charge is -2.33. The molecule has 0 saturated carbocycles. The Hall–Kier alpha value is -3.92. The fraction of sp³-hybridized carbons (Fsp3) is 0.385. The van der Waals surface area contributed by atoms with Crippen LogP contribution in [0.3, 0.4) is 0 Å². The molecular formula is C26H34N6O4. The van der Waals surface area contributed by atoms with Gasteiger partial charge in [-0.25, -0.2) is 0 Å². The zero-order chi connectivity index (χ0) is 25.9. The van der Waals surface area contributed by atoms with E-state index in [2.05, 4.69) is 16.0 Å². The van der Waals surface area contributed by atoms with Crippen molar-refractivity contribution in [1.29, 1.82) is 5.41 Å². The van der Waals surface area contributed by atoms with Crippen molar-refractivity contribution in [1.82, 2.24) is 20.9 Å². The van der Waals surface area contributed by atoms with Crippen molar-refractivity contribution in [2.45, 2.75) is 43.8 Å². The number of piperidine rings is 1. The van der Waals surface area contributed by atoms with Crippen LogP contribution in [-0.2, 0) is 27.2 Å². The molecule has 192 valence electrons. The molecule has 3 rings (SSSR count). The summed E-state index contributed by atoms with van der Waals surface area (Å²) in [7, 11) is 0. The Morgan fingerprint density at radius 1 is 0.917 bits per heavy atom. The number of amides is 2. The molecule has 7 N–H and O–H groups in total. The van der Waals surface area contributed by atoms with E-state index in [0.29, 0.717) is 32.4 Å². The second-order valence-corrected chi connectivity index (χ2v) is 8.92. The molecule has 0 aliphatic carbocycles. The largest absolute Gasteiger partial charge is 0.480 e. The highest BCUT2D eigenvalue weighted by Gasteiger charge is 2.29. The van der Waals surface area contributed by atoms with Crippen LogP contribution in [0.2, 0.25) is 0 Å². The number of aliphatic carboxylic acids is 1. The Balaban J connectivity index is 1.71. The highest BCUT2D eigenvalue weighted by Crippen LogP contribution is 2.12. The van der Waals surface area contributed by atoms with E-state index in [1.54, 1.807) is 4.90 Å². The molecule has 0 spiro atoms. The van der Waals surface area contributed by atoms with E-state index >= 15 is 0 Å². The summed E-state index contributed by atoms with van der Waals surface area (Å²) in [5.74, 6) is -1.79. The number of carboxylic acid groups (broad SMARTS) is 1. The number of rotatable bonds is 11. The van der Waals surface area contributed by atoms with E-state index in [0.717, 1.165) is 11.1 Å². The Labute approximate surface area is 210 Å². The van der Waals surface area contributed by atoms with E-state index < -0.39 is 24.0 Å². The minimum Gasteiger partial charge on any atom is -0.480 e. The molecule has 1 unspecified atom stereocenters. The van der Waals surface area contributed by atoms with Gasteiger partial charge in [-0.2, -0.15) is 0 Å². The van der Waals surface area contributed by atoms with Crippen LogP contribution in [0, 0.1) is 5.41 Å². The third-order valence-electron chi connectivity index (χ3n) is 6.20. The third-order valence-corrected chi connectivity index (χ3v) is 6.20. The first kappa shape index (κ1) is 26.7. The Kier molecular flexibility index (Phi) is 9.82. The number of nitrogens with zero attached hydrogens (tertiary/aromatic N) is 1. The molecular weight excluding hydrogens is 460 g/mol. The van der Waals surface area contributed by atoms with Crippen molar-refractivity contribution in [3.63, 3.8) is 0 Å². The molecule has 2 aromatic carbocycles. The summed E-state index contributed by atoms with van der Waals surface area (Å²) >= 11 is 0. The molecule has 36 heavy (non-hydrogen) atoms. The number of nitrogens with one attached hydrogen (secondary N) is 4. The molecule has 1 fully saturated rings. The van der Waals surface area contributed by atoms with E-state index in [-0.39, 0.29) is 30.9 Å². The van der Waals surface area contributed by atoms with Gasteiger partial charge in [-0.05, 0) is 30.4 Å². The molecule has 0 bridgehead atoms. The number of carboxylic acids is 1. The summed E-state index contributed by atoms with van der Waals surface area (Å²) in [5, 5.41) is 25.4. The summed E-state index contributed by atoms with van der Waals surface area (Å²) in [5.41, 5.74) is 7.32. The minimum atomic E-state index is -1.07. The van der Waals surface area contributed by atoms with E-state index in [4.69, 9.17) is 16.2 Å². The zero-order valence-corrected chi connectivity index (χ0v) is 20.2. The highest BCUT2D eigenvalue weighted by molar-refractivity contribution is 5.90. The summed E-state index contributed by atoms with van der Waals surface area (Å²) in [6.07, 6.45) is 1.87. The van der Waals surface area contributed by atoms with E-state index in [1.807, 2.05) is 60.7 Å². The van der Waals surface area contributed by atoms with Gasteiger partial charge in [0.15, 0.2) is 5.96 Å². The molecule has 0 radical (unpaired) electrons. The van der Waals surface area contributed by atoms with Crippen molar-refractivity contribution in [2.24, 2.45) is 5.73 Å². The number of likely N-dealkylation sites (tertiary alicyclic amines) is 1. The molecule has 1 saturated heterocycles. The quantitative estimate of drug-likeness (QED) is 0.196. The van der Waals surface area contributed by atoms with Crippen molar-refractivity contribution in [3.8, 4) is 0 Å². The van der Waals surface area contributed by atoms with Crippen LogP contribution < -0.4 is 21.7 Å². The number of carbonyl (C=O) groups is 3. The molecule has 0 aromatic heterocycles. The van der Waals surface area contributed by atoms with Gasteiger partial charge in [0.1, 0.15) is 6.04 Å². The van der Waals surface area contributed by atoms with Gasteiger partial charge in [-0.15, -0.1) is 0 Å². The van der Waals surface area contributed by atoms with Crippen molar-refractivity contribution in [2.75, 3.05) is 19.6 Å². The first-order valence-electron chi connectivity index (χ1n) is 12.0. The van der Waals surface area contributed by atoms with Crippen LogP contribution in [0.5, 0.6) is 0 Å². The van der Waals surface area contributed by atoms with Crippen molar-refractivity contribution >= 4 is 23.7 Å². The number of guanidine groups is 1. The van der Waals surface area contributed by atoms with E-state index in [9.17, 15) is 14.4 Å². The van der Waals surface area contributed by atoms with Crippen LogP contribution in [0.4, 0.5) is 0 Å². The average Bonchev–Trinajstić information content (AvgIpc) is 2.87. The molecule has 1 aliphatic rings. The van der Waals surface area contributed by atoms with Crippen LogP contribution in [0.25, 0.3) is 0 Å². The zero-order valence-electron chi connectivity index (χ0n) is 20.2. The van der Waals surface area contributed by atoms with Crippen LogP contribution in [0.1, 0.15) is 24.0 Å².